The molecule has 0 heterocycles. The van der Waals surface area contributed by atoms with E-state index in [1.807, 2.05) is 0 Å². The maximum Gasteiger partial charge on any atom is 0.303 e. The molecule has 0 saturated carbocycles. The molecular formula is C11H11Cl3O3. The highest BCUT2D eigenvalue weighted by atomic mass is 35.5. The molecule has 0 amide bonds. The fraction of sp³-hybridized carbons (Fsp3) is 0.364. The lowest BCUT2D eigenvalue weighted by Crippen LogP contribution is -2.00. The number of carboxylic acid groups (broad SMARTS) is 1. The Kier molecular flexibility index (Phi) is 5.89. The van der Waals surface area contributed by atoms with Crippen LogP contribution in [0.1, 0.15) is 19.3 Å². The van der Waals surface area contributed by atoms with Gasteiger partial charge in [0.05, 0.1) is 21.7 Å². The van der Waals surface area contributed by atoms with E-state index in [4.69, 9.17) is 44.6 Å². The van der Waals surface area contributed by atoms with Gasteiger partial charge in [-0.25, -0.2) is 0 Å². The zero-order valence-electron chi connectivity index (χ0n) is 8.88. The Hall–Kier alpha value is -0.640. The van der Waals surface area contributed by atoms with Gasteiger partial charge in [-0.05, 0) is 18.9 Å². The highest BCUT2D eigenvalue weighted by Crippen LogP contribution is 2.33. The summed E-state index contributed by atoms with van der Waals surface area (Å²) in [6, 6.07) is 3.06. The third-order valence-corrected chi connectivity index (χ3v) is 3.03. The summed E-state index contributed by atoms with van der Waals surface area (Å²) in [6.45, 7) is 0.394. The van der Waals surface area contributed by atoms with Crippen molar-refractivity contribution in [2.24, 2.45) is 0 Å². The minimum atomic E-state index is -0.808. The molecule has 1 rings (SSSR count). The Balaban J connectivity index is 2.41. The van der Waals surface area contributed by atoms with Crippen LogP contribution < -0.4 is 4.74 Å². The largest absolute Gasteiger partial charge is 0.492 e. The zero-order chi connectivity index (χ0) is 12.8. The van der Waals surface area contributed by atoms with E-state index in [9.17, 15) is 4.79 Å². The van der Waals surface area contributed by atoms with Gasteiger partial charge in [0.15, 0.2) is 0 Å². The molecule has 0 spiro atoms. The van der Waals surface area contributed by atoms with Crippen molar-refractivity contribution in [1.82, 2.24) is 0 Å². The maximum absolute atomic E-state index is 10.3. The number of benzene rings is 1. The first-order valence-corrected chi connectivity index (χ1v) is 6.13. The van der Waals surface area contributed by atoms with E-state index in [1.165, 1.54) is 6.07 Å². The van der Waals surface area contributed by atoms with Gasteiger partial charge in [-0.15, -0.1) is 0 Å². The van der Waals surface area contributed by atoms with Crippen LogP contribution in [-0.2, 0) is 4.79 Å². The van der Waals surface area contributed by atoms with Crippen molar-refractivity contribution in [2.75, 3.05) is 6.61 Å². The standard InChI is InChI=1S/C11H11Cl3O3/c12-7-5-9(14)10(6-8(7)13)17-4-2-1-3-11(15)16/h5-6H,1-4H2,(H,15,16). The van der Waals surface area contributed by atoms with Crippen molar-refractivity contribution in [3.05, 3.63) is 27.2 Å². The van der Waals surface area contributed by atoms with E-state index in [1.54, 1.807) is 6.07 Å². The summed E-state index contributed by atoms with van der Waals surface area (Å²) in [5, 5.41) is 9.58. The summed E-state index contributed by atoms with van der Waals surface area (Å²) in [4.78, 5) is 10.3. The van der Waals surface area contributed by atoms with Gasteiger partial charge in [0.2, 0.25) is 0 Å². The molecule has 1 aromatic carbocycles. The summed E-state index contributed by atoms with van der Waals surface area (Å²) >= 11 is 17.5. The van der Waals surface area contributed by atoms with E-state index in [2.05, 4.69) is 0 Å². The van der Waals surface area contributed by atoms with E-state index in [-0.39, 0.29) is 6.42 Å². The number of halogens is 3. The second-order valence-corrected chi connectivity index (χ2v) is 4.62. The summed E-state index contributed by atoms with van der Waals surface area (Å²) in [5.41, 5.74) is 0. The maximum atomic E-state index is 10.3. The SMILES string of the molecule is O=C(O)CCCCOc1cc(Cl)c(Cl)cc1Cl. The molecule has 0 atom stereocenters. The van der Waals surface area contributed by atoms with Gasteiger partial charge >= 0.3 is 5.97 Å². The lowest BCUT2D eigenvalue weighted by Gasteiger charge is -2.08. The second kappa shape index (κ2) is 6.94. The van der Waals surface area contributed by atoms with Crippen LogP contribution in [0.5, 0.6) is 5.75 Å². The predicted molar refractivity (Wildman–Crippen MR) is 68.5 cm³/mol. The van der Waals surface area contributed by atoms with Gasteiger partial charge < -0.3 is 9.84 Å². The number of aliphatic carboxylic acids is 1. The fourth-order valence-corrected chi connectivity index (χ4v) is 1.77. The molecule has 94 valence electrons. The predicted octanol–water partition coefficient (Wildman–Crippen LogP) is 4.28. The zero-order valence-corrected chi connectivity index (χ0v) is 11.1. The first-order chi connectivity index (χ1) is 8.00. The molecule has 0 fully saturated rings. The first-order valence-electron chi connectivity index (χ1n) is 5.00. The smallest absolute Gasteiger partial charge is 0.303 e. The minimum absolute atomic E-state index is 0.137. The lowest BCUT2D eigenvalue weighted by atomic mass is 10.2. The molecule has 0 saturated heterocycles. The van der Waals surface area contributed by atoms with Gasteiger partial charge in [-0.2, -0.15) is 0 Å². The molecule has 0 unspecified atom stereocenters. The van der Waals surface area contributed by atoms with Gasteiger partial charge in [0.25, 0.3) is 0 Å². The highest BCUT2D eigenvalue weighted by molar-refractivity contribution is 6.43. The fourth-order valence-electron chi connectivity index (χ4n) is 1.18. The molecule has 1 aromatic rings. The van der Waals surface area contributed by atoms with Crippen molar-refractivity contribution in [1.29, 1.82) is 0 Å². The molecule has 0 aliphatic rings. The number of rotatable bonds is 6. The Labute approximate surface area is 114 Å². The van der Waals surface area contributed by atoms with Crippen LogP contribution in [0.4, 0.5) is 0 Å². The third-order valence-electron chi connectivity index (χ3n) is 2.02. The third kappa shape index (κ3) is 5.02. The minimum Gasteiger partial charge on any atom is -0.492 e. The second-order valence-electron chi connectivity index (χ2n) is 3.40. The molecule has 0 aliphatic carbocycles. The first kappa shape index (κ1) is 14.4. The van der Waals surface area contributed by atoms with Crippen LogP contribution in [0.2, 0.25) is 15.1 Å². The van der Waals surface area contributed by atoms with Crippen molar-refractivity contribution in [3.63, 3.8) is 0 Å². The van der Waals surface area contributed by atoms with Crippen LogP contribution in [0.25, 0.3) is 0 Å². The average molecular weight is 298 g/mol. The Bertz CT molecular complexity index is 407. The van der Waals surface area contributed by atoms with Crippen molar-refractivity contribution < 1.29 is 14.6 Å². The van der Waals surface area contributed by atoms with Crippen LogP contribution in [0.15, 0.2) is 12.1 Å². The monoisotopic (exact) mass is 296 g/mol. The lowest BCUT2D eigenvalue weighted by molar-refractivity contribution is -0.137. The molecule has 3 nitrogen and oxygen atoms in total. The van der Waals surface area contributed by atoms with Crippen LogP contribution in [0.3, 0.4) is 0 Å². The molecule has 6 heteroatoms. The molecule has 1 N–H and O–H groups in total. The van der Waals surface area contributed by atoms with Gasteiger partial charge in [0.1, 0.15) is 5.75 Å². The van der Waals surface area contributed by atoms with E-state index in [0.29, 0.717) is 40.3 Å². The average Bonchev–Trinajstić information content (AvgIpc) is 2.24. The molecule has 0 aromatic heterocycles. The Morgan fingerprint density at radius 3 is 2.41 bits per heavy atom. The summed E-state index contributed by atoms with van der Waals surface area (Å²) < 4.78 is 5.39. The number of hydrogen-bond acceptors (Lipinski definition) is 2. The summed E-state index contributed by atoms with van der Waals surface area (Å²) in [7, 11) is 0. The molecule has 0 aliphatic heterocycles. The van der Waals surface area contributed by atoms with Gasteiger partial charge in [-0.1, -0.05) is 34.8 Å². The van der Waals surface area contributed by atoms with Crippen LogP contribution >= 0.6 is 34.8 Å². The van der Waals surface area contributed by atoms with Gasteiger partial charge in [-0.3, -0.25) is 4.79 Å². The Morgan fingerprint density at radius 1 is 1.12 bits per heavy atom. The summed E-state index contributed by atoms with van der Waals surface area (Å²) in [5.74, 6) is -0.353. The number of carboxylic acids is 1. The van der Waals surface area contributed by atoms with Crippen LogP contribution in [-0.4, -0.2) is 17.7 Å². The molecule has 0 bridgehead atoms. The van der Waals surface area contributed by atoms with Crippen molar-refractivity contribution >= 4 is 40.8 Å². The molecule has 17 heavy (non-hydrogen) atoms. The van der Waals surface area contributed by atoms with Crippen LogP contribution in [0, 0.1) is 0 Å². The number of hydrogen-bond donors (Lipinski definition) is 1. The number of unbranched alkanes of at least 4 members (excludes halogenated alkanes) is 1. The van der Waals surface area contributed by atoms with Gasteiger partial charge in [0, 0.05) is 12.5 Å². The normalized spacial score (nSPS) is 10.3. The summed E-state index contributed by atoms with van der Waals surface area (Å²) in [6.07, 6.45) is 1.34. The van der Waals surface area contributed by atoms with E-state index in [0.717, 1.165) is 0 Å². The van der Waals surface area contributed by atoms with E-state index >= 15 is 0 Å². The topological polar surface area (TPSA) is 46.5 Å². The van der Waals surface area contributed by atoms with E-state index < -0.39 is 5.97 Å². The number of ether oxygens (including phenoxy) is 1. The molecular weight excluding hydrogens is 286 g/mol. The van der Waals surface area contributed by atoms with Crippen molar-refractivity contribution in [2.45, 2.75) is 19.3 Å². The number of carbonyl (C=O) groups is 1. The Morgan fingerprint density at radius 2 is 1.76 bits per heavy atom. The quantitative estimate of drug-likeness (QED) is 0.629. The highest BCUT2D eigenvalue weighted by Gasteiger charge is 2.07. The molecule has 0 radical (unpaired) electrons. The van der Waals surface area contributed by atoms with Crippen molar-refractivity contribution in [3.8, 4) is 5.75 Å².